The van der Waals surface area contributed by atoms with Gasteiger partial charge in [0.05, 0.1) is 11.3 Å². The number of nitrogens with two attached hydrogens (primary N) is 2. The molecule has 1 aliphatic heterocycles. The third-order valence-electron chi connectivity index (χ3n) is 4.84. The van der Waals surface area contributed by atoms with Crippen LogP contribution in [0.4, 0.5) is 11.4 Å². The molecule has 20 heavy (non-hydrogen) atoms. The molecule has 0 bridgehead atoms. The SMILES string of the molecule is NC(=O)c1ccc(N)cc1N1CCC[C@H]2CCCC[C@H]21. The van der Waals surface area contributed by atoms with Crippen molar-refractivity contribution in [1.82, 2.24) is 0 Å². The van der Waals surface area contributed by atoms with E-state index in [2.05, 4.69) is 4.90 Å². The first-order valence-corrected chi connectivity index (χ1v) is 7.63. The lowest BCUT2D eigenvalue weighted by Gasteiger charge is -2.46. The molecule has 1 saturated heterocycles. The molecule has 1 amide bonds. The van der Waals surface area contributed by atoms with Gasteiger partial charge in [-0.3, -0.25) is 4.79 Å². The first kappa shape index (κ1) is 13.3. The number of piperidine rings is 1. The lowest BCUT2D eigenvalue weighted by molar-refractivity contribution is 0.100. The Morgan fingerprint density at radius 1 is 1.15 bits per heavy atom. The summed E-state index contributed by atoms with van der Waals surface area (Å²) in [5.74, 6) is 0.401. The van der Waals surface area contributed by atoms with Gasteiger partial charge in [0.25, 0.3) is 5.91 Å². The molecular formula is C16H23N3O. The van der Waals surface area contributed by atoms with Crippen LogP contribution in [0.1, 0.15) is 48.9 Å². The van der Waals surface area contributed by atoms with E-state index in [0.717, 1.165) is 18.2 Å². The highest BCUT2D eigenvalue weighted by atomic mass is 16.1. The van der Waals surface area contributed by atoms with E-state index in [0.29, 0.717) is 17.3 Å². The molecule has 1 aromatic carbocycles. The summed E-state index contributed by atoms with van der Waals surface area (Å²) in [6.07, 6.45) is 7.66. The summed E-state index contributed by atoms with van der Waals surface area (Å²) >= 11 is 0. The van der Waals surface area contributed by atoms with Crippen LogP contribution >= 0.6 is 0 Å². The van der Waals surface area contributed by atoms with Crippen molar-refractivity contribution >= 4 is 17.3 Å². The van der Waals surface area contributed by atoms with E-state index >= 15 is 0 Å². The lowest BCUT2D eigenvalue weighted by Crippen LogP contribution is -2.47. The Labute approximate surface area is 120 Å². The van der Waals surface area contributed by atoms with Crippen LogP contribution in [0.15, 0.2) is 18.2 Å². The van der Waals surface area contributed by atoms with Crippen LogP contribution in [0.5, 0.6) is 0 Å². The van der Waals surface area contributed by atoms with Gasteiger partial charge in [-0.05, 0) is 49.8 Å². The molecule has 0 unspecified atom stereocenters. The molecular weight excluding hydrogens is 250 g/mol. The van der Waals surface area contributed by atoms with E-state index in [-0.39, 0.29) is 5.91 Å². The third-order valence-corrected chi connectivity index (χ3v) is 4.84. The predicted octanol–water partition coefficient (Wildman–Crippen LogP) is 2.53. The third kappa shape index (κ3) is 2.35. The van der Waals surface area contributed by atoms with Gasteiger partial charge in [0.2, 0.25) is 0 Å². The zero-order chi connectivity index (χ0) is 14.1. The van der Waals surface area contributed by atoms with Crippen molar-refractivity contribution in [3.8, 4) is 0 Å². The summed E-state index contributed by atoms with van der Waals surface area (Å²) in [7, 11) is 0. The number of fused-ring (bicyclic) bond motifs is 1. The number of rotatable bonds is 2. The van der Waals surface area contributed by atoms with E-state index in [1.807, 2.05) is 6.07 Å². The van der Waals surface area contributed by atoms with Crippen molar-refractivity contribution in [3.63, 3.8) is 0 Å². The summed E-state index contributed by atoms with van der Waals surface area (Å²) < 4.78 is 0. The van der Waals surface area contributed by atoms with Crippen molar-refractivity contribution < 1.29 is 4.79 Å². The number of primary amides is 1. The van der Waals surface area contributed by atoms with Crippen molar-refractivity contribution in [1.29, 1.82) is 0 Å². The lowest BCUT2D eigenvalue weighted by atomic mass is 9.78. The molecule has 1 aliphatic carbocycles. The second-order valence-electron chi connectivity index (χ2n) is 6.09. The van der Waals surface area contributed by atoms with Gasteiger partial charge in [-0.25, -0.2) is 0 Å². The molecule has 1 heterocycles. The Kier molecular flexibility index (Phi) is 3.55. The molecule has 4 N–H and O–H groups in total. The summed E-state index contributed by atoms with van der Waals surface area (Å²) in [4.78, 5) is 14.1. The van der Waals surface area contributed by atoms with Crippen LogP contribution in [0.25, 0.3) is 0 Å². The van der Waals surface area contributed by atoms with Crippen LogP contribution in [0, 0.1) is 5.92 Å². The number of carbonyl (C=O) groups excluding carboxylic acids is 1. The van der Waals surface area contributed by atoms with Crippen molar-refractivity contribution in [2.75, 3.05) is 17.2 Å². The number of nitrogens with zero attached hydrogens (tertiary/aromatic N) is 1. The minimum atomic E-state index is -0.363. The normalized spacial score (nSPS) is 26.1. The van der Waals surface area contributed by atoms with Gasteiger partial charge in [0.15, 0.2) is 0 Å². The monoisotopic (exact) mass is 273 g/mol. The maximum Gasteiger partial charge on any atom is 0.250 e. The molecule has 0 radical (unpaired) electrons. The van der Waals surface area contributed by atoms with E-state index in [4.69, 9.17) is 11.5 Å². The van der Waals surface area contributed by atoms with Crippen molar-refractivity contribution in [2.45, 2.75) is 44.6 Å². The van der Waals surface area contributed by atoms with E-state index in [9.17, 15) is 4.79 Å². The van der Waals surface area contributed by atoms with Crippen LogP contribution in [-0.4, -0.2) is 18.5 Å². The highest BCUT2D eigenvalue weighted by Crippen LogP contribution is 2.39. The number of carbonyl (C=O) groups is 1. The Balaban J connectivity index is 1.98. The fraction of sp³-hybridized carbons (Fsp3) is 0.562. The summed E-state index contributed by atoms with van der Waals surface area (Å²) in [5.41, 5.74) is 13.7. The maximum atomic E-state index is 11.7. The number of nitrogen functional groups attached to an aromatic ring is 1. The number of amides is 1. The second-order valence-corrected chi connectivity index (χ2v) is 6.09. The summed E-state index contributed by atoms with van der Waals surface area (Å²) in [6, 6.07) is 5.99. The van der Waals surface area contributed by atoms with Gasteiger partial charge in [0, 0.05) is 18.3 Å². The summed E-state index contributed by atoms with van der Waals surface area (Å²) in [6.45, 7) is 1.00. The topological polar surface area (TPSA) is 72.3 Å². The Morgan fingerprint density at radius 3 is 2.70 bits per heavy atom. The molecule has 1 saturated carbocycles. The van der Waals surface area contributed by atoms with Gasteiger partial charge in [-0.1, -0.05) is 12.8 Å². The maximum absolute atomic E-state index is 11.7. The quantitative estimate of drug-likeness (QED) is 0.813. The van der Waals surface area contributed by atoms with E-state index in [1.54, 1.807) is 12.1 Å². The van der Waals surface area contributed by atoms with Crippen LogP contribution in [0.3, 0.4) is 0 Å². The zero-order valence-corrected chi connectivity index (χ0v) is 11.8. The molecule has 0 spiro atoms. The average Bonchev–Trinajstić information content (AvgIpc) is 2.46. The minimum absolute atomic E-state index is 0.363. The Bertz CT molecular complexity index is 512. The average molecular weight is 273 g/mol. The number of anilines is 2. The first-order valence-electron chi connectivity index (χ1n) is 7.63. The number of benzene rings is 1. The van der Waals surface area contributed by atoms with Gasteiger partial charge in [-0.15, -0.1) is 0 Å². The van der Waals surface area contributed by atoms with Crippen LogP contribution in [0.2, 0.25) is 0 Å². The molecule has 4 nitrogen and oxygen atoms in total. The Hall–Kier alpha value is -1.71. The van der Waals surface area contributed by atoms with E-state index < -0.39 is 0 Å². The van der Waals surface area contributed by atoms with Gasteiger partial charge >= 0.3 is 0 Å². The molecule has 0 aromatic heterocycles. The molecule has 1 aromatic rings. The van der Waals surface area contributed by atoms with Crippen LogP contribution < -0.4 is 16.4 Å². The zero-order valence-electron chi connectivity index (χ0n) is 11.8. The van der Waals surface area contributed by atoms with Crippen molar-refractivity contribution in [2.24, 2.45) is 11.7 Å². The summed E-state index contributed by atoms with van der Waals surface area (Å²) in [5, 5.41) is 0. The fourth-order valence-electron chi connectivity index (χ4n) is 3.92. The molecule has 2 fully saturated rings. The second kappa shape index (κ2) is 5.35. The minimum Gasteiger partial charge on any atom is -0.399 e. The standard InChI is InChI=1S/C16H23N3O/c17-12-7-8-13(16(18)20)15(10-12)19-9-3-5-11-4-1-2-6-14(11)19/h7-8,10-11,14H,1-6,9,17H2,(H2,18,20)/t11-,14-/m1/s1. The smallest absolute Gasteiger partial charge is 0.250 e. The number of hydrogen-bond donors (Lipinski definition) is 2. The predicted molar refractivity (Wildman–Crippen MR) is 81.7 cm³/mol. The molecule has 2 aliphatic rings. The van der Waals surface area contributed by atoms with Crippen LogP contribution in [-0.2, 0) is 0 Å². The van der Waals surface area contributed by atoms with Crippen molar-refractivity contribution in [3.05, 3.63) is 23.8 Å². The Morgan fingerprint density at radius 2 is 1.90 bits per heavy atom. The highest BCUT2D eigenvalue weighted by Gasteiger charge is 2.34. The highest BCUT2D eigenvalue weighted by molar-refractivity contribution is 5.99. The van der Waals surface area contributed by atoms with Gasteiger partial charge < -0.3 is 16.4 Å². The number of hydrogen-bond acceptors (Lipinski definition) is 3. The fourth-order valence-corrected chi connectivity index (χ4v) is 3.92. The van der Waals surface area contributed by atoms with E-state index in [1.165, 1.54) is 38.5 Å². The molecule has 4 heteroatoms. The molecule has 3 rings (SSSR count). The largest absolute Gasteiger partial charge is 0.399 e. The van der Waals surface area contributed by atoms with Gasteiger partial charge in [-0.2, -0.15) is 0 Å². The first-order chi connectivity index (χ1) is 9.66. The molecule has 2 atom stereocenters. The molecule has 108 valence electrons. The van der Waals surface area contributed by atoms with Gasteiger partial charge in [0.1, 0.15) is 0 Å².